The summed E-state index contributed by atoms with van der Waals surface area (Å²) in [6.07, 6.45) is 8.16. The van der Waals surface area contributed by atoms with Crippen molar-refractivity contribution < 1.29 is 9.90 Å². The topological polar surface area (TPSA) is 72.8 Å². The minimum atomic E-state index is -0.00462. The zero-order chi connectivity index (χ0) is 28.0. The lowest BCUT2D eigenvalue weighted by molar-refractivity contribution is -0.0629. The van der Waals surface area contributed by atoms with Crippen LogP contribution in [0.25, 0.3) is 11.1 Å². The molecule has 5 aliphatic rings. The van der Waals surface area contributed by atoms with Crippen LogP contribution in [0, 0.1) is 23.2 Å². The van der Waals surface area contributed by atoms with E-state index < -0.39 is 0 Å². The number of piperazine rings is 1. The molecule has 1 aliphatic heterocycles. The van der Waals surface area contributed by atoms with Crippen molar-refractivity contribution >= 4 is 11.7 Å². The normalized spacial score (nSPS) is 27.2. The number of anilines is 1. The lowest BCUT2D eigenvalue weighted by Gasteiger charge is -2.57. The molecule has 4 saturated carbocycles. The first-order valence-corrected chi connectivity index (χ1v) is 15.4. The maximum absolute atomic E-state index is 13.3. The first-order valence-electron chi connectivity index (χ1n) is 15.4. The van der Waals surface area contributed by atoms with Gasteiger partial charge in [0.1, 0.15) is 5.75 Å². The molecule has 41 heavy (non-hydrogen) atoms. The van der Waals surface area contributed by atoms with Crippen molar-refractivity contribution in [2.24, 2.45) is 23.2 Å². The second kappa shape index (κ2) is 10.8. The van der Waals surface area contributed by atoms with Gasteiger partial charge in [-0.15, -0.1) is 10.2 Å². The van der Waals surface area contributed by atoms with Gasteiger partial charge < -0.3 is 14.9 Å². The van der Waals surface area contributed by atoms with E-state index in [9.17, 15) is 9.90 Å². The molecule has 5 fully saturated rings. The Hall–Kier alpha value is -3.45. The molecule has 4 aliphatic carbocycles. The summed E-state index contributed by atoms with van der Waals surface area (Å²) >= 11 is 0. The number of carbonyl (C=O) groups is 1. The molecule has 2 aromatic carbocycles. The molecule has 0 atom stereocenters. The Bertz CT molecular complexity index is 1360. The van der Waals surface area contributed by atoms with Crippen LogP contribution in [0.5, 0.6) is 5.75 Å². The van der Waals surface area contributed by atoms with Gasteiger partial charge in [-0.05, 0) is 103 Å². The first kappa shape index (κ1) is 26.4. The molecule has 0 spiro atoms. The van der Waals surface area contributed by atoms with Crippen LogP contribution in [0.3, 0.4) is 0 Å². The molecule has 214 valence electrons. The van der Waals surface area contributed by atoms with Gasteiger partial charge in [0.05, 0.1) is 0 Å². The van der Waals surface area contributed by atoms with Gasteiger partial charge in [-0.2, -0.15) is 0 Å². The summed E-state index contributed by atoms with van der Waals surface area (Å²) in [5.41, 5.74) is 4.23. The van der Waals surface area contributed by atoms with Crippen LogP contribution < -0.4 is 4.90 Å². The minimum absolute atomic E-state index is 0.00462. The fourth-order valence-electron chi connectivity index (χ4n) is 8.85. The van der Waals surface area contributed by atoms with Crippen molar-refractivity contribution in [3.63, 3.8) is 0 Å². The van der Waals surface area contributed by atoms with E-state index in [1.54, 1.807) is 6.07 Å². The summed E-state index contributed by atoms with van der Waals surface area (Å²) in [5, 5.41) is 18.8. The van der Waals surface area contributed by atoms with Crippen molar-refractivity contribution in [2.45, 2.75) is 45.1 Å². The number of rotatable bonds is 7. The molecule has 0 unspecified atom stereocenters. The predicted molar refractivity (Wildman–Crippen MR) is 161 cm³/mol. The van der Waals surface area contributed by atoms with Gasteiger partial charge in [-0.25, -0.2) is 0 Å². The number of phenolic OH excluding ortho intramolecular Hbond substituents is 1. The lowest BCUT2D eigenvalue weighted by atomic mass is 9.49. The van der Waals surface area contributed by atoms with Gasteiger partial charge in [0.2, 0.25) is 0 Å². The van der Waals surface area contributed by atoms with Crippen LogP contribution in [0.1, 0.15) is 54.6 Å². The molecule has 4 bridgehead atoms. The number of benzene rings is 2. The maximum Gasteiger partial charge on any atom is 0.274 e. The number of nitrogens with zero attached hydrogens (tertiary/aromatic N) is 5. The lowest BCUT2D eigenvalue weighted by Crippen LogP contribution is -2.51. The van der Waals surface area contributed by atoms with Crippen molar-refractivity contribution in [1.29, 1.82) is 0 Å². The van der Waals surface area contributed by atoms with E-state index in [2.05, 4.69) is 44.3 Å². The van der Waals surface area contributed by atoms with E-state index in [-0.39, 0.29) is 11.7 Å². The van der Waals surface area contributed by atoms with Crippen molar-refractivity contribution in [2.75, 3.05) is 44.7 Å². The largest absolute Gasteiger partial charge is 0.508 e. The van der Waals surface area contributed by atoms with Crippen LogP contribution in [-0.4, -0.2) is 70.8 Å². The van der Waals surface area contributed by atoms with Crippen LogP contribution in [0.15, 0.2) is 60.7 Å². The number of phenols is 1. The molecular weight excluding hydrogens is 510 g/mol. The second-order valence-corrected chi connectivity index (χ2v) is 13.3. The number of hydrogen-bond donors (Lipinski definition) is 1. The Labute approximate surface area is 243 Å². The van der Waals surface area contributed by atoms with Gasteiger partial charge in [0, 0.05) is 46.3 Å². The molecule has 1 aromatic heterocycles. The van der Waals surface area contributed by atoms with Crippen LogP contribution >= 0.6 is 0 Å². The summed E-state index contributed by atoms with van der Waals surface area (Å²) < 4.78 is 0. The van der Waals surface area contributed by atoms with E-state index in [0.29, 0.717) is 11.1 Å². The summed E-state index contributed by atoms with van der Waals surface area (Å²) in [7, 11) is 1.95. The standard InChI is InChI=1S/C34H41N5O2/c1-37(23-34-19-24-15-25(20-34)17-26(16-24)21-34)33(41)31-9-10-32(36-35-31)39-13-11-38(12-14-39)22-28-5-2-3-8-30(28)27-6-4-7-29(40)18-27/h2-10,18,24-26,40H,11-17,19-23H2,1H3. The second-order valence-electron chi connectivity index (χ2n) is 13.3. The van der Waals surface area contributed by atoms with E-state index in [0.717, 1.165) is 74.0 Å². The Kier molecular flexibility index (Phi) is 6.93. The number of carbonyl (C=O) groups excluding carboxylic acids is 1. The zero-order valence-corrected chi connectivity index (χ0v) is 24.1. The van der Waals surface area contributed by atoms with Crippen molar-refractivity contribution in [3.05, 3.63) is 71.9 Å². The average Bonchev–Trinajstić information content (AvgIpc) is 2.97. The number of hydrogen-bond acceptors (Lipinski definition) is 6. The van der Waals surface area contributed by atoms with Gasteiger partial charge in [0.25, 0.3) is 5.91 Å². The molecule has 2 heterocycles. The predicted octanol–water partition coefficient (Wildman–Crippen LogP) is 5.46. The molecule has 1 N–H and O–H groups in total. The van der Waals surface area contributed by atoms with Gasteiger partial charge in [-0.1, -0.05) is 36.4 Å². The minimum Gasteiger partial charge on any atom is -0.508 e. The molecular formula is C34H41N5O2. The molecule has 1 saturated heterocycles. The third-order valence-electron chi connectivity index (χ3n) is 10.2. The highest BCUT2D eigenvalue weighted by atomic mass is 16.3. The summed E-state index contributed by atoms with van der Waals surface area (Å²) in [5.74, 6) is 3.78. The quantitative estimate of drug-likeness (QED) is 0.421. The third-order valence-corrected chi connectivity index (χ3v) is 10.2. The summed E-state index contributed by atoms with van der Waals surface area (Å²) in [4.78, 5) is 20.0. The van der Waals surface area contributed by atoms with Crippen LogP contribution in [-0.2, 0) is 6.54 Å². The SMILES string of the molecule is CN(CC12CC3CC(CC(C3)C1)C2)C(=O)c1ccc(N2CCN(Cc3ccccc3-c3cccc(O)c3)CC2)nn1. The zero-order valence-electron chi connectivity index (χ0n) is 24.1. The Morgan fingerprint density at radius 3 is 2.27 bits per heavy atom. The van der Waals surface area contributed by atoms with Crippen LogP contribution in [0.4, 0.5) is 5.82 Å². The average molecular weight is 552 g/mol. The molecule has 1 amide bonds. The molecule has 7 nitrogen and oxygen atoms in total. The molecule has 0 radical (unpaired) electrons. The number of aromatic nitrogens is 2. The highest BCUT2D eigenvalue weighted by Crippen LogP contribution is 2.60. The molecule has 7 heteroatoms. The number of aromatic hydroxyl groups is 1. The maximum atomic E-state index is 13.3. The monoisotopic (exact) mass is 551 g/mol. The third kappa shape index (κ3) is 5.44. The Morgan fingerprint density at radius 1 is 0.902 bits per heavy atom. The van der Waals surface area contributed by atoms with E-state index >= 15 is 0 Å². The smallest absolute Gasteiger partial charge is 0.274 e. The van der Waals surface area contributed by atoms with E-state index in [1.807, 2.05) is 42.3 Å². The van der Waals surface area contributed by atoms with Crippen LogP contribution in [0.2, 0.25) is 0 Å². The molecule has 3 aromatic rings. The molecule has 8 rings (SSSR count). The van der Waals surface area contributed by atoms with E-state index in [1.165, 1.54) is 44.1 Å². The Morgan fingerprint density at radius 2 is 1.61 bits per heavy atom. The highest BCUT2D eigenvalue weighted by molar-refractivity contribution is 5.92. The fraction of sp³-hybridized carbons (Fsp3) is 0.500. The van der Waals surface area contributed by atoms with Crippen molar-refractivity contribution in [3.8, 4) is 16.9 Å². The van der Waals surface area contributed by atoms with Gasteiger partial charge in [0.15, 0.2) is 11.5 Å². The van der Waals surface area contributed by atoms with Crippen molar-refractivity contribution in [1.82, 2.24) is 20.0 Å². The number of amides is 1. The summed E-state index contributed by atoms with van der Waals surface area (Å²) in [6, 6.07) is 19.7. The van der Waals surface area contributed by atoms with E-state index in [4.69, 9.17) is 0 Å². The van der Waals surface area contributed by atoms with Gasteiger partial charge in [-0.3, -0.25) is 9.69 Å². The van der Waals surface area contributed by atoms with Gasteiger partial charge >= 0.3 is 0 Å². The summed E-state index contributed by atoms with van der Waals surface area (Å²) in [6.45, 7) is 5.28. The fourth-order valence-corrected chi connectivity index (χ4v) is 8.85. The first-order chi connectivity index (χ1) is 19.9. The highest BCUT2D eigenvalue weighted by Gasteiger charge is 2.51. The Balaban J connectivity index is 0.946.